The molecule has 0 aliphatic carbocycles. The summed E-state index contributed by atoms with van der Waals surface area (Å²) in [6, 6.07) is 5.24. The van der Waals surface area contributed by atoms with Crippen LogP contribution in [0, 0.1) is 0 Å². The van der Waals surface area contributed by atoms with Gasteiger partial charge in [-0.2, -0.15) is 8.78 Å². The SMILES string of the molecule is C=CCCNc1ccc(S(=O)(=O)C(F)F)cc1. The highest BCUT2D eigenvalue weighted by Gasteiger charge is 2.26. The van der Waals surface area contributed by atoms with Crippen molar-refractivity contribution in [3.8, 4) is 0 Å². The summed E-state index contributed by atoms with van der Waals surface area (Å²) in [5.74, 6) is -3.39. The van der Waals surface area contributed by atoms with Crippen LogP contribution in [0.1, 0.15) is 6.42 Å². The fraction of sp³-hybridized carbons (Fsp3) is 0.273. The van der Waals surface area contributed by atoms with Gasteiger partial charge in [-0.25, -0.2) is 8.42 Å². The highest BCUT2D eigenvalue weighted by atomic mass is 32.2. The minimum Gasteiger partial charge on any atom is -0.385 e. The molecule has 1 rings (SSSR count). The number of nitrogens with one attached hydrogen (secondary N) is 1. The second kappa shape index (κ2) is 5.77. The van der Waals surface area contributed by atoms with E-state index in [9.17, 15) is 17.2 Å². The topological polar surface area (TPSA) is 46.2 Å². The molecule has 0 atom stereocenters. The van der Waals surface area contributed by atoms with Crippen LogP contribution in [0.4, 0.5) is 14.5 Å². The van der Waals surface area contributed by atoms with Crippen molar-refractivity contribution in [2.45, 2.75) is 17.1 Å². The van der Waals surface area contributed by atoms with Gasteiger partial charge < -0.3 is 5.32 Å². The lowest BCUT2D eigenvalue weighted by Gasteiger charge is -2.06. The summed E-state index contributed by atoms with van der Waals surface area (Å²) in [7, 11) is -4.50. The number of halogens is 2. The number of anilines is 1. The zero-order valence-corrected chi connectivity index (χ0v) is 9.88. The van der Waals surface area contributed by atoms with Crippen LogP contribution in [0.5, 0.6) is 0 Å². The zero-order valence-electron chi connectivity index (χ0n) is 9.07. The van der Waals surface area contributed by atoms with E-state index in [1.165, 1.54) is 12.1 Å². The van der Waals surface area contributed by atoms with Crippen molar-refractivity contribution in [3.63, 3.8) is 0 Å². The summed E-state index contributed by atoms with van der Waals surface area (Å²) in [4.78, 5) is -0.373. The molecule has 0 saturated carbocycles. The van der Waals surface area contributed by atoms with Crippen LogP contribution in [0.15, 0.2) is 41.8 Å². The molecule has 0 fully saturated rings. The van der Waals surface area contributed by atoms with E-state index in [0.717, 1.165) is 18.6 Å². The summed E-state index contributed by atoms with van der Waals surface area (Å²) in [5.41, 5.74) is 0.681. The third kappa shape index (κ3) is 3.52. The molecular weight excluding hydrogens is 248 g/mol. The Bertz CT molecular complexity index is 469. The number of sulfone groups is 1. The Morgan fingerprint density at radius 3 is 2.35 bits per heavy atom. The first-order valence-corrected chi connectivity index (χ1v) is 6.50. The quantitative estimate of drug-likeness (QED) is 0.632. The van der Waals surface area contributed by atoms with E-state index in [1.54, 1.807) is 6.08 Å². The lowest BCUT2D eigenvalue weighted by atomic mass is 10.3. The molecule has 0 bridgehead atoms. The van der Waals surface area contributed by atoms with Crippen molar-refractivity contribution in [1.29, 1.82) is 0 Å². The number of hydrogen-bond acceptors (Lipinski definition) is 3. The summed E-state index contributed by atoms with van der Waals surface area (Å²) in [6.07, 6.45) is 2.50. The predicted octanol–water partition coefficient (Wildman–Crippen LogP) is 2.67. The average Bonchev–Trinajstić information content (AvgIpc) is 2.30. The van der Waals surface area contributed by atoms with Crippen molar-refractivity contribution in [1.82, 2.24) is 0 Å². The normalized spacial score (nSPS) is 11.5. The van der Waals surface area contributed by atoms with Gasteiger partial charge in [0.15, 0.2) is 0 Å². The van der Waals surface area contributed by atoms with E-state index < -0.39 is 15.6 Å². The lowest BCUT2D eigenvalue weighted by Crippen LogP contribution is -2.11. The number of rotatable bonds is 6. The van der Waals surface area contributed by atoms with Crippen LogP contribution in [-0.2, 0) is 9.84 Å². The molecule has 0 amide bonds. The fourth-order valence-corrected chi connectivity index (χ4v) is 1.91. The van der Waals surface area contributed by atoms with Gasteiger partial charge in [-0.1, -0.05) is 6.08 Å². The molecule has 0 unspecified atom stereocenters. The largest absolute Gasteiger partial charge is 0.385 e. The molecule has 1 N–H and O–H groups in total. The van der Waals surface area contributed by atoms with E-state index in [1.807, 2.05) is 0 Å². The van der Waals surface area contributed by atoms with Crippen LogP contribution in [-0.4, -0.2) is 20.7 Å². The molecule has 0 radical (unpaired) electrons. The number of benzene rings is 1. The monoisotopic (exact) mass is 261 g/mol. The Balaban J connectivity index is 2.78. The number of alkyl halides is 2. The van der Waals surface area contributed by atoms with Gasteiger partial charge >= 0.3 is 5.76 Å². The van der Waals surface area contributed by atoms with Gasteiger partial charge in [-0.05, 0) is 30.7 Å². The molecule has 1 aromatic carbocycles. The van der Waals surface area contributed by atoms with Crippen molar-refractivity contribution in [2.24, 2.45) is 0 Å². The smallest absolute Gasteiger partial charge is 0.341 e. The van der Waals surface area contributed by atoms with Crippen LogP contribution < -0.4 is 5.32 Å². The Hall–Kier alpha value is -1.43. The van der Waals surface area contributed by atoms with Gasteiger partial charge in [0, 0.05) is 12.2 Å². The van der Waals surface area contributed by atoms with E-state index in [2.05, 4.69) is 11.9 Å². The molecule has 3 nitrogen and oxygen atoms in total. The summed E-state index contributed by atoms with van der Waals surface area (Å²) in [6.45, 7) is 4.21. The van der Waals surface area contributed by atoms with E-state index >= 15 is 0 Å². The minimum atomic E-state index is -4.50. The van der Waals surface area contributed by atoms with Crippen molar-refractivity contribution in [3.05, 3.63) is 36.9 Å². The van der Waals surface area contributed by atoms with Crippen LogP contribution >= 0.6 is 0 Å². The Morgan fingerprint density at radius 1 is 1.29 bits per heavy atom. The summed E-state index contributed by atoms with van der Waals surface area (Å²) >= 11 is 0. The third-order valence-corrected chi connectivity index (χ3v) is 3.49. The van der Waals surface area contributed by atoms with Gasteiger partial charge in [-0.3, -0.25) is 0 Å². The Labute approximate surface area is 99.1 Å². The van der Waals surface area contributed by atoms with Crippen molar-refractivity contribution in [2.75, 3.05) is 11.9 Å². The molecule has 6 heteroatoms. The van der Waals surface area contributed by atoms with Gasteiger partial charge in [0.2, 0.25) is 9.84 Å². The van der Waals surface area contributed by atoms with Gasteiger partial charge in [0.25, 0.3) is 0 Å². The second-order valence-electron chi connectivity index (χ2n) is 3.33. The second-order valence-corrected chi connectivity index (χ2v) is 5.25. The maximum Gasteiger partial charge on any atom is 0.341 e. The van der Waals surface area contributed by atoms with Gasteiger partial charge in [0.05, 0.1) is 4.90 Å². The highest BCUT2D eigenvalue weighted by Crippen LogP contribution is 2.20. The maximum absolute atomic E-state index is 12.2. The molecule has 1 aromatic rings. The summed E-state index contributed by atoms with van der Waals surface area (Å²) in [5, 5.41) is 3.00. The molecule has 0 aromatic heterocycles. The third-order valence-electron chi connectivity index (χ3n) is 2.10. The van der Waals surface area contributed by atoms with E-state index in [0.29, 0.717) is 12.2 Å². The van der Waals surface area contributed by atoms with Gasteiger partial charge in [0.1, 0.15) is 0 Å². The molecule has 17 heavy (non-hydrogen) atoms. The molecular formula is C11H13F2NO2S. The number of hydrogen-bond donors (Lipinski definition) is 1. The first-order chi connectivity index (χ1) is 7.98. The predicted molar refractivity (Wildman–Crippen MR) is 62.9 cm³/mol. The van der Waals surface area contributed by atoms with Crippen LogP contribution in [0.2, 0.25) is 0 Å². The first-order valence-electron chi connectivity index (χ1n) is 4.95. The zero-order chi connectivity index (χ0) is 12.9. The molecule has 0 aliphatic rings. The maximum atomic E-state index is 12.2. The molecule has 0 saturated heterocycles. The lowest BCUT2D eigenvalue weighted by molar-refractivity contribution is 0.234. The summed E-state index contributed by atoms with van der Waals surface area (Å²) < 4.78 is 46.7. The molecule has 94 valence electrons. The minimum absolute atomic E-state index is 0.373. The van der Waals surface area contributed by atoms with Crippen LogP contribution in [0.25, 0.3) is 0 Å². The first kappa shape index (κ1) is 13.6. The van der Waals surface area contributed by atoms with Crippen molar-refractivity contribution >= 4 is 15.5 Å². The van der Waals surface area contributed by atoms with Gasteiger partial charge in [-0.15, -0.1) is 6.58 Å². The molecule has 0 aliphatic heterocycles. The van der Waals surface area contributed by atoms with E-state index in [-0.39, 0.29) is 4.90 Å². The molecule has 0 spiro atoms. The standard InChI is InChI=1S/C11H13F2NO2S/c1-2-3-8-14-9-4-6-10(7-5-9)17(15,16)11(12)13/h2,4-7,11,14H,1,3,8H2. The van der Waals surface area contributed by atoms with E-state index in [4.69, 9.17) is 0 Å². The highest BCUT2D eigenvalue weighted by molar-refractivity contribution is 7.91. The fourth-order valence-electron chi connectivity index (χ4n) is 1.18. The molecule has 0 heterocycles. The van der Waals surface area contributed by atoms with Crippen molar-refractivity contribution < 1.29 is 17.2 Å². The Morgan fingerprint density at radius 2 is 1.88 bits per heavy atom. The average molecular weight is 261 g/mol. The Kier molecular flexibility index (Phi) is 4.62. The van der Waals surface area contributed by atoms with Crippen LogP contribution in [0.3, 0.4) is 0 Å².